The van der Waals surface area contributed by atoms with E-state index in [1.165, 1.54) is 0 Å². The molecule has 0 saturated heterocycles. The zero-order valence-corrected chi connectivity index (χ0v) is 13.2. The van der Waals surface area contributed by atoms with E-state index in [1.54, 1.807) is 24.3 Å². The first-order valence-corrected chi connectivity index (χ1v) is 7.56. The SMILES string of the molecule is NC(Cc1c(Cl)cccc1Cl)c1cc2cccc(Cl)c2o1. The number of hydrogen-bond donors (Lipinski definition) is 1. The zero-order valence-electron chi connectivity index (χ0n) is 10.9. The van der Waals surface area contributed by atoms with Gasteiger partial charge in [-0.1, -0.05) is 53.0 Å². The van der Waals surface area contributed by atoms with Crippen LogP contribution in [0.3, 0.4) is 0 Å². The Morgan fingerprint density at radius 3 is 2.24 bits per heavy atom. The molecule has 21 heavy (non-hydrogen) atoms. The summed E-state index contributed by atoms with van der Waals surface area (Å²) in [6.45, 7) is 0. The minimum absolute atomic E-state index is 0.342. The second-order valence-corrected chi connectivity index (χ2v) is 6.04. The molecular formula is C16H12Cl3NO. The summed E-state index contributed by atoms with van der Waals surface area (Å²) in [5.74, 6) is 0.661. The molecule has 2 N–H and O–H groups in total. The van der Waals surface area contributed by atoms with Gasteiger partial charge in [0.25, 0.3) is 0 Å². The summed E-state index contributed by atoms with van der Waals surface area (Å²) in [6.07, 6.45) is 0.496. The van der Waals surface area contributed by atoms with E-state index in [4.69, 9.17) is 45.0 Å². The molecule has 2 nitrogen and oxygen atoms in total. The fourth-order valence-electron chi connectivity index (χ4n) is 2.28. The van der Waals surface area contributed by atoms with E-state index >= 15 is 0 Å². The summed E-state index contributed by atoms with van der Waals surface area (Å²) < 4.78 is 5.77. The Morgan fingerprint density at radius 1 is 0.952 bits per heavy atom. The summed E-state index contributed by atoms with van der Waals surface area (Å²) in [6, 6.07) is 12.6. The van der Waals surface area contributed by atoms with Crippen LogP contribution in [0.2, 0.25) is 15.1 Å². The normalized spacial score (nSPS) is 12.8. The van der Waals surface area contributed by atoms with Crippen LogP contribution < -0.4 is 5.73 Å². The lowest BCUT2D eigenvalue weighted by atomic mass is 10.0. The van der Waals surface area contributed by atoms with Crippen LogP contribution in [0.1, 0.15) is 17.4 Å². The summed E-state index contributed by atoms with van der Waals surface area (Å²) in [7, 11) is 0. The number of para-hydroxylation sites is 1. The van der Waals surface area contributed by atoms with Gasteiger partial charge in [0.2, 0.25) is 0 Å². The second-order valence-electron chi connectivity index (χ2n) is 4.82. The largest absolute Gasteiger partial charge is 0.458 e. The predicted octanol–water partition coefficient (Wildman–Crippen LogP) is 5.64. The highest BCUT2D eigenvalue weighted by atomic mass is 35.5. The number of fused-ring (bicyclic) bond motifs is 1. The van der Waals surface area contributed by atoms with Crippen LogP contribution in [0.15, 0.2) is 46.9 Å². The number of hydrogen-bond acceptors (Lipinski definition) is 2. The molecule has 0 spiro atoms. The third-order valence-electron chi connectivity index (χ3n) is 3.37. The van der Waals surface area contributed by atoms with Gasteiger partial charge in [0.05, 0.1) is 11.1 Å². The maximum atomic E-state index is 6.22. The molecule has 3 aromatic rings. The lowest BCUT2D eigenvalue weighted by molar-refractivity contribution is 0.494. The molecule has 5 heteroatoms. The fraction of sp³-hybridized carbons (Fsp3) is 0.125. The van der Waals surface area contributed by atoms with Crippen molar-refractivity contribution in [1.29, 1.82) is 0 Å². The standard InChI is InChI=1S/C16H12Cl3NO/c17-11-4-2-5-12(18)10(11)8-14(20)15-7-9-3-1-6-13(19)16(9)21-15/h1-7,14H,8,20H2. The molecule has 0 radical (unpaired) electrons. The van der Waals surface area contributed by atoms with Gasteiger partial charge in [0.15, 0.2) is 5.58 Å². The van der Waals surface area contributed by atoms with Gasteiger partial charge in [0, 0.05) is 15.4 Å². The smallest absolute Gasteiger partial charge is 0.152 e. The number of nitrogens with two attached hydrogens (primary N) is 1. The van der Waals surface area contributed by atoms with Crippen molar-refractivity contribution in [2.24, 2.45) is 5.73 Å². The van der Waals surface area contributed by atoms with Crippen LogP contribution in [0.25, 0.3) is 11.0 Å². The van der Waals surface area contributed by atoms with Gasteiger partial charge in [-0.3, -0.25) is 0 Å². The molecule has 0 aliphatic rings. The Morgan fingerprint density at radius 2 is 1.57 bits per heavy atom. The van der Waals surface area contributed by atoms with Gasteiger partial charge < -0.3 is 10.2 Å². The summed E-state index contributed by atoms with van der Waals surface area (Å²) in [5.41, 5.74) is 7.69. The Labute approximate surface area is 137 Å². The molecule has 0 fully saturated rings. The molecule has 0 bridgehead atoms. The third-order valence-corrected chi connectivity index (χ3v) is 4.37. The molecular weight excluding hydrogens is 329 g/mol. The summed E-state index contributed by atoms with van der Waals surface area (Å²) in [5, 5.41) is 2.71. The first-order valence-electron chi connectivity index (χ1n) is 6.42. The van der Waals surface area contributed by atoms with E-state index in [0.29, 0.717) is 32.8 Å². The minimum Gasteiger partial charge on any atom is -0.458 e. The van der Waals surface area contributed by atoms with Crippen molar-refractivity contribution >= 4 is 45.8 Å². The molecule has 3 rings (SSSR count). The van der Waals surface area contributed by atoms with E-state index < -0.39 is 0 Å². The Bertz CT molecular complexity index is 777. The number of benzene rings is 2. The molecule has 0 amide bonds. The lowest BCUT2D eigenvalue weighted by Crippen LogP contribution is -2.13. The molecule has 108 valence electrons. The lowest BCUT2D eigenvalue weighted by Gasteiger charge is -2.11. The highest BCUT2D eigenvalue weighted by molar-refractivity contribution is 6.36. The maximum absolute atomic E-state index is 6.22. The Balaban J connectivity index is 1.94. The van der Waals surface area contributed by atoms with Gasteiger partial charge >= 0.3 is 0 Å². The van der Waals surface area contributed by atoms with E-state index in [-0.39, 0.29) is 6.04 Å². The van der Waals surface area contributed by atoms with Crippen molar-refractivity contribution in [3.05, 3.63) is 68.9 Å². The van der Waals surface area contributed by atoms with Crippen LogP contribution in [-0.2, 0) is 6.42 Å². The van der Waals surface area contributed by atoms with Crippen molar-refractivity contribution in [1.82, 2.24) is 0 Å². The maximum Gasteiger partial charge on any atom is 0.152 e. The fourth-order valence-corrected chi connectivity index (χ4v) is 3.05. The van der Waals surface area contributed by atoms with E-state index in [1.807, 2.05) is 18.2 Å². The highest BCUT2D eigenvalue weighted by Crippen LogP contribution is 2.32. The molecule has 1 atom stereocenters. The monoisotopic (exact) mass is 339 g/mol. The van der Waals surface area contributed by atoms with Gasteiger partial charge in [-0.05, 0) is 36.2 Å². The van der Waals surface area contributed by atoms with E-state index in [2.05, 4.69) is 0 Å². The average molecular weight is 341 g/mol. The molecule has 0 saturated carbocycles. The van der Waals surface area contributed by atoms with Gasteiger partial charge in [-0.2, -0.15) is 0 Å². The highest BCUT2D eigenvalue weighted by Gasteiger charge is 2.17. The molecule has 1 aromatic heterocycles. The predicted molar refractivity (Wildman–Crippen MR) is 88.3 cm³/mol. The number of furan rings is 1. The zero-order chi connectivity index (χ0) is 15.0. The third kappa shape index (κ3) is 2.90. The van der Waals surface area contributed by atoms with E-state index in [9.17, 15) is 0 Å². The van der Waals surface area contributed by atoms with Crippen LogP contribution in [0.4, 0.5) is 0 Å². The van der Waals surface area contributed by atoms with Gasteiger partial charge in [-0.25, -0.2) is 0 Å². The quantitative estimate of drug-likeness (QED) is 0.670. The first kappa shape index (κ1) is 14.7. The second kappa shape index (κ2) is 5.90. The molecule has 1 unspecified atom stereocenters. The van der Waals surface area contributed by atoms with Crippen molar-refractivity contribution < 1.29 is 4.42 Å². The van der Waals surface area contributed by atoms with Crippen molar-refractivity contribution in [2.75, 3.05) is 0 Å². The van der Waals surface area contributed by atoms with Crippen LogP contribution >= 0.6 is 34.8 Å². The average Bonchev–Trinajstić information content (AvgIpc) is 2.88. The van der Waals surface area contributed by atoms with Crippen LogP contribution in [0, 0.1) is 0 Å². The van der Waals surface area contributed by atoms with Crippen molar-refractivity contribution in [3.63, 3.8) is 0 Å². The molecule has 2 aromatic carbocycles. The Kier molecular flexibility index (Phi) is 4.14. The van der Waals surface area contributed by atoms with Crippen LogP contribution in [0.5, 0.6) is 0 Å². The Hall–Kier alpha value is -1.19. The topological polar surface area (TPSA) is 39.2 Å². The van der Waals surface area contributed by atoms with Gasteiger partial charge in [-0.15, -0.1) is 0 Å². The summed E-state index contributed by atoms with van der Waals surface area (Å²) in [4.78, 5) is 0. The first-order chi connectivity index (χ1) is 10.1. The number of rotatable bonds is 3. The number of halogens is 3. The molecule has 1 heterocycles. The summed E-state index contributed by atoms with van der Waals surface area (Å²) >= 11 is 18.5. The van der Waals surface area contributed by atoms with Crippen molar-refractivity contribution in [3.8, 4) is 0 Å². The van der Waals surface area contributed by atoms with Gasteiger partial charge in [0.1, 0.15) is 5.76 Å². The minimum atomic E-state index is -0.342. The van der Waals surface area contributed by atoms with E-state index in [0.717, 1.165) is 10.9 Å². The molecule has 0 aliphatic carbocycles. The van der Waals surface area contributed by atoms with Crippen molar-refractivity contribution in [2.45, 2.75) is 12.5 Å². The molecule has 0 aliphatic heterocycles. The van der Waals surface area contributed by atoms with Crippen LogP contribution in [-0.4, -0.2) is 0 Å².